The van der Waals surface area contributed by atoms with Crippen LogP contribution in [0.2, 0.25) is 10.0 Å². The Morgan fingerprint density at radius 1 is 0.887 bits per heavy atom. The lowest BCUT2D eigenvalue weighted by molar-refractivity contribution is -0.138. The van der Waals surface area contributed by atoms with Crippen molar-refractivity contribution < 1.29 is 38.9 Å². The predicted molar refractivity (Wildman–Crippen MR) is 195 cm³/mol. The van der Waals surface area contributed by atoms with Crippen molar-refractivity contribution in [2.45, 2.75) is 24.2 Å². The fraction of sp³-hybridized carbons (Fsp3) is 0.225. The highest BCUT2D eigenvalue weighted by atomic mass is 35.5. The van der Waals surface area contributed by atoms with Crippen LogP contribution in [-0.4, -0.2) is 51.9 Å². The molecule has 11 nitrogen and oxygen atoms in total. The number of rotatable bonds is 7. The molecular weight excluding hydrogens is 721 g/mol. The summed E-state index contributed by atoms with van der Waals surface area (Å²) in [5.74, 6) is -6.89. The van der Waals surface area contributed by atoms with Crippen molar-refractivity contribution in [3.63, 3.8) is 0 Å². The van der Waals surface area contributed by atoms with Gasteiger partial charge in [0.25, 0.3) is 11.8 Å². The third-order valence-electron chi connectivity index (χ3n) is 11.2. The second-order valence-electron chi connectivity index (χ2n) is 13.7. The summed E-state index contributed by atoms with van der Waals surface area (Å²) >= 11 is 12.7. The molecule has 4 amide bonds. The number of carboxylic acid groups (broad SMARTS) is 1. The number of halogens is 2. The lowest BCUT2D eigenvalue weighted by Gasteiger charge is -2.50. The average Bonchev–Trinajstić information content (AvgIpc) is 3.53. The normalized spacial score (nSPS) is 26.2. The van der Waals surface area contributed by atoms with Crippen molar-refractivity contribution in [3.8, 4) is 11.5 Å². The van der Waals surface area contributed by atoms with Crippen LogP contribution in [0.15, 0.2) is 103 Å². The Morgan fingerprint density at radius 2 is 1.62 bits per heavy atom. The number of allylic oxidation sites excluding steroid dienone is 2. The molecule has 0 bridgehead atoms. The maximum Gasteiger partial charge on any atom is 0.335 e. The molecule has 4 aromatic rings. The molecule has 2 aliphatic heterocycles. The SMILES string of the molecule is COc1ccc([C@@]23C(=O)N(Nc4ccc(Cl)cc4Cl)C(=O)[C@@H]2C[C@@H]2C(=CC[C@@H]4C(=O)N(c5cccc(C(=O)O)c5)C(=O)[C@@H]42)[C@@H]3c2ccc(O)cc2)cc1. The minimum Gasteiger partial charge on any atom is -0.508 e. The van der Waals surface area contributed by atoms with E-state index >= 15 is 4.79 Å². The molecular formula is C40H31Cl2N3O8. The second kappa shape index (κ2) is 12.8. The number of benzene rings is 4. The molecule has 0 aromatic heterocycles. The summed E-state index contributed by atoms with van der Waals surface area (Å²) in [4.78, 5) is 71.5. The van der Waals surface area contributed by atoms with E-state index in [2.05, 4.69) is 5.43 Å². The number of imide groups is 2. The molecule has 3 N–H and O–H groups in total. The zero-order valence-corrected chi connectivity index (χ0v) is 29.5. The minimum absolute atomic E-state index is 0.000793. The van der Waals surface area contributed by atoms with Crippen molar-refractivity contribution in [2.24, 2.45) is 23.7 Å². The van der Waals surface area contributed by atoms with E-state index in [4.69, 9.17) is 27.9 Å². The molecule has 1 saturated carbocycles. The van der Waals surface area contributed by atoms with Crippen LogP contribution >= 0.6 is 23.2 Å². The number of fused-ring (bicyclic) bond motifs is 4. The van der Waals surface area contributed by atoms with Gasteiger partial charge in [-0.3, -0.25) is 29.5 Å². The van der Waals surface area contributed by atoms with Gasteiger partial charge in [0.2, 0.25) is 11.8 Å². The summed E-state index contributed by atoms with van der Waals surface area (Å²) < 4.78 is 5.44. The number of aromatic carboxylic acids is 1. The number of nitrogens with one attached hydrogen (secondary N) is 1. The molecule has 0 radical (unpaired) electrons. The number of methoxy groups -OCH3 is 1. The second-order valence-corrected chi connectivity index (χ2v) is 14.5. The summed E-state index contributed by atoms with van der Waals surface area (Å²) in [6, 6.07) is 23.7. The zero-order chi connectivity index (χ0) is 37.3. The predicted octanol–water partition coefficient (Wildman–Crippen LogP) is 6.60. The molecule has 13 heteroatoms. The summed E-state index contributed by atoms with van der Waals surface area (Å²) in [6.45, 7) is 0. The van der Waals surface area contributed by atoms with Gasteiger partial charge in [0.05, 0.1) is 52.2 Å². The number of carbonyl (C=O) groups excluding carboxylic acids is 4. The van der Waals surface area contributed by atoms with E-state index in [-0.39, 0.29) is 40.6 Å². The number of hydrogen-bond donors (Lipinski definition) is 3. The topological polar surface area (TPSA) is 154 Å². The first-order chi connectivity index (χ1) is 25.4. The minimum atomic E-state index is -1.55. The number of aromatic hydroxyl groups is 1. The maximum atomic E-state index is 15.3. The maximum absolute atomic E-state index is 15.3. The van der Waals surface area contributed by atoms with Crippen molar-refractivity contribution in [3.05, 3.63) is 129 Å². The highest BCUT2D eigenvalue weighted by Gasteiger charge is 2.70. The Morgan fingerprint density at radius 3 is 2.30 bits per heavy atom. The molecule has 268 valence electrons. The number of carbonyl (C=O) groups is 5. The van der Waals surface area contributed by atoms with Gasteiger partial charge in [-0.15, -0.1) is 0 Å². The molecule has 2 saturated heterocycles. The van der Waals surface area contributed by atoms with Crippen LogP contribution in [0.5, 0.6) is 11.5 Å². The molecule has 6 atom stereocenters. The highest BCUT2D eigenvalue weighted by molar-refractivity contribution is 6.36. The Kier molecular flexibility index (Phi) is 8.31. The Hall–Kier alpha value is -5.65. The smallest absolute Gasteiger partial charge is 0.335 e. The van der Waals surface area contributed by atoms with Crippen LogP contribution in [0.1, 0.15) is 40.2 Å². The highest BCUT2D eigenvalue weighted by Crippen LogP contribution is 2.64. The zero-order valence-electron chi connectivity index (χ0n) is 28.0. The summed E-state index contributed by atoms with van der Waals surface area (Å²) in [6.07, 6.45) is 2.14. The van der Waals surface area contributed by atoms with Crippen molar-refractivity contribution in [1.82, 2.24) is 5.01 Å². The van der Waals surface area contributed by atoms with E-state index in [1.54, 1.807) is 48.5 Å². The first-order valence-corrected chi connectivity index (χ1v) is 17.7. The third-order valence-corrected chi connectivity index (χ3v) is 11.7. The van der Waals surface area contributed by atoms with E-state index in [9.17, 15) is 29.4 Å². The van der Waals surface area contributed by atoms with Gasteiger partial charge in [-0.05, 0) is 90.6 Å². The van der Waals surface area contributed by atoms with E-state index in [1.807, 2.05) is 6.08 Å². The van der Waals surface area contributed by atoms with Crippen molar-refractivity contribution in [2.75, 3.05) is 17.4 Å². The molecule has 0 spiro atoms. The summed E-state index contributed by atoms with van der Waals surface area (Å²) in [7, 11) is 1.52. The number of anilines is 2. The van der Waals surface area contributed by atoms with Gasteiger partial charge in [0.15, 0.2) is 0 Å². The van der Waals surface area contributed by atoms with Crippen molar-refractivity contribution in [1.29, 1.82) is 0 Å². The molecule has 8 rings (SSSR count). The number of carboxylic acids is 1. The average molecular weight is 753 g/mol. The number of ether oxygens (including phenoxy) is 1. The number of nitrogens with zero attached hydrogens (tertiary/aromatic N) is 2. The van der Waals surface area contributed by atoms with Gasteiger partial charge in [-0.1, -0.05) is 65.2 Å². The van der Waals surface area contributed by atoms with Crippen LogP contribution in [0.3, 0.4) is 0 Å². The quantitative estimate of drug-likeness (QED) is 0.140. The lowest BCUT2D eigenvalue weighted by Crippen LogP contribution is -2.53. The molecule has 2 heterocycles. The summed E-state index contributed by atoms with van der Waals surface area (Å²) in [5, 5.41) is 21.5. The fourth-order valence-electron chi connectivity index (χ4n) is 8.92. The number of hydrazine groups is 1. The van der Waals surface area contributed by atoms with Gasteiger partial charge in [-0.2, -0.15) is 5.01 Å². The van der Waals surface area contributed by atoms with E-state index < -0.39 is 64.6 Å². The number of phenols is 1. The van der Waals surface area contributed by atoms with Crippen LogP contribution in [0.25, 0.3) is 0 Å². The summed E-state index contributed by atoms with van der Waals surface area (Å²) in [5.41, 5.74) is 3.63. The largest absolute Gasteiger partial charge is 0.508 e. The van der Waals surface area contributed by atoms with Crippen molar-refractivity contribution >= 4 is 64.2 Å². The Balaban J connectivity index is 1.31. The lowest BCUT2D eigenvalue weighted by atomic mass is 9.49. The standard InChI is InChI=1S/C40H31Cl2N3O8/c1-53-26-12-7-22(8-13-26)40-30(36(48)45(39(40)52)43-32-16-9-23(41)18-31(32)42)19-29-27(34(40)20-5-10-25(46)11-6-20)14-15-28-33(29)37(49)44(35(28)47)24-4-2-3-21(17-24)38(50)51/h2-14,16-18,28-30,33-34,43,46H,15,19H2,1H3,(H,50,51)/t28-,29+,30-,33-,34-,40+/m0/s1. The van der Waals surface area contributed by atoms with Gasteiger partial charge in [0, 0.05) is 10.9 Å². The van der Waals surface area contributed by atoms with Gasteiger partial charge >= 0.3 is 5.97 Å². The van der Waals surface area contributed by atoms with E-state index in [1.165, 1.54) is 49.6 Å². The van der Waals surface area contributed by atoms with E-state index in [0.717, 1.165) is 15.5 Å². The Labute approximate surface area is 313 Å². The van der Waals surface area contributed by atoms with Crippen LogP contribution in [0.4, 0.5) is 11.4 Å². The van der Waals surface area contributed by atoms with Gasteiger partial charge in [0.1, 0.15) is 11.5 Å². The molecule has 0 unspecified atom stereocenters. The molecule has 3 fully saturated rings. The number of phenolic OH excluding ortho intramolecular Hbond substituents is 1. The number of hydrogen-bond acceptors (Lipinski definition) is 8. The first-order valence-electron chi connectivity index (χ1n) is 16.9. The third kappa shape index (κ3) is 5.20. The Bertz CT molecular complexity index is 2260. The van der Waals surface area contributed by atoms with Crippen LogP contribution in [-0.2, 0) is 24.6 Å². The van der Waals surface area contributed by atoms with Crippen LogP contribution in [0, 0.1) is 23.7 Å². The molecule has 4 aromatic carbocycles. The molecule has 4 aliphatic rings. The fourth-order valence-corrected chi connectivity index (χ4v) is 9.37. The first kappa shape index (κ1) is 34.4. The van der Waals surface area contributed by atoms with Gasteiger partial charge < -0.3 is 14.9 Å². The monoisotopic (exact) mass is 751 g/mol. The molecule has 53 heavy (non-hydrogen) atoms. The van der Waals surface area contributed by atoms with Gasteiger partial charge in [-0.25, -0.2) is 4.79 Å². The number of amides is 4. The van der Waals surface area contributed by atoms with Crippen LogP contribution < -0.4 is 15.1 Å². The molecule has 2 aliphatic carbocycles. The van der Waals surface area contributed by atoms with E-state index in [0.29, 0.717) is 21.9 Å².